The van der Waals surface area contributed by atoms with Gasteiger partial charge in [0.2, 0.25) is 0 Å². The number of carbonyl (C=O) groups excluding carboxylic acids is 1. The molecule has 0 bridgehead atoms. The lowest BCUT2D eigenvalue weighted by molar-refractivity contribution is -0.129. The van der Waals surface area contributed by atoms with Crippen molar-refractivity contribution in [3.8, 4) is 0 Å². The van der Waals surface area contributed by atoms with Crippen LogP contribution < -0.4 is 4.90 Å². The fourth-order valence-electron chi connectivity index (χ4n) is 2.41. The molecular weight excluding hydrogens is 250 g/mol. The second-order valence-electron chi connectivity index (χ2n) is 5.79. The van der Waals surface area contributed by atoms with Crippen molar-refractivity contribution in [2.24, 2.45) is 5.92 Å². The fourth-order valence-corrected chi connectivity index (χ4v) is 2.41. The monoisotopic (exact) mass is 275 g/mol. The summed E-state index contributed by atoms with van der Waals surface area (Å²) in [7, 11) is 0. The summed E-state index contributed by atoms with van der Waals surface area (Å²) in [6.07, 6.45) is 2.13. The molecule has 1 aromatic rings. The van der Waals surface area contributed by atoms with E-state index in [0.29, 0.717) is 12.5 Å². The third kappa shape index (κ3) is 3.60. The van der Waals surface area contributed by atoms with Gasteiger partial charge in [-0.1, -0.05) is 17.7 Å². The first-order valence-electron chi connectivity index (χ1n) is 7.53. The summed E-state index contributed by atoms with van der Waals surface area (Å²) in [5.41, 5.74) is 3.34. The van der Waals surface area contributed by atoms with Crippen molar-refractivity contribution in [2.45, 2.75) is 46.6 Å². The van der Waals surface area contributed by atoms with Crippen LogP contribution in [0.2, 0.25) is 0 Å². The van der Waals surface area contributed by atoms with Gasteiger partial charge in [-0.3, -0.25) is 4.79 Å². The highest BCUT2D eigenvalue weighted by Gasteiger charge is 2.26. The van der Waals surface area contributed by atoms with Gasteiger partial charge in [0.1, 0.15) is 6.10 Å². The van der Waals surface area contributed by atoms with Gasteiger partial charge in [0.15, 0.2) is 0 Å². The average molecular weight is 275 g/mol. The van der Waals surface area contributed by atoms with E-state index >= 15 is 0 Å². The second-order valence-corrected chi connectivity index (χ2v) is 5.79. The number of ether oxygens (including phenoxy) is 1. The molecule has 1 fully saturated rings. The summed E-state index contributed by atoms with van der Waals surface area (Å²) in [5.74, 6) is 0.738. The highest BCUT2D eigenvalue weighted by atomic mass is 16.5. The normalized spacial score (nSPS) is 16.0. The maximum absolute atomic E-state index is 12.5. The van der Waals surface area contributed by atoms with Crippen molar-refractivity contribution >= 4 is 11.6 Å². The first-order valence-corrected chi connectivity index (χ1v) is 7.53. The van der Waals surface area contributed by atoms with Crippen LogP contribution in [0.5, 0.6) is 0 Å². The van der Waals surface area contributed by atoms with E-state index in [1.165, 1.54) is 18.4 Å². The third-order valence-electron chi connectivity index (χ3n) is 3.85. The van der Waals surface area contributed by atoms with E-state index in [0.717, 1.165) is 17.9 Å². The summed E-state index contributed by atoms with van der Waals surface area (Å²) in [6.45, 7) is 9.36. The molecule has 0 aliphatic heterocycles. The van der Waals surface area contributed by atoms with E-state index in [1.54, 1.807) is 0 Å². The lowest BCUT2D eigenvalue weighted by Gasteiger charge is -2.26. The van der Waals surface area contributed by atoms with Crippen LogP contribution in [-0.4, -0.2) is 25.2 Å². The highest BCUT2D eigenvalue weighted by molar-refractivity contribution is 5.97. The predicted molar refractivity (Wildman–Crippen MR) is 82.1 cm³/mol. The molecule has 3 nitrogen and oxygen atoms in total. The minimum Gasteiger partial charge on any atom is -0.368 e. The molecule has 0 spiro atoms. The maximum atomic E-state index is 12.5. The molecule has 1 aromatic carbocycles. The van der Waals surface area contributed by atoms with Crippen LogP contribution in [0, 0.1) is 19.8 Å². The molecule has 0 saturated heterocycles. The lowest BCUT2D eigenvalue weighted by Crippen LogP contribution is -2.39. The zero-order valence-corrected chi connectivity index (χ0v) is 13.0. The first-order chi connectivity index (χ1) is 9.52. The molecule has 2 rings (SSSR count). The number of nitrogens with zero attached hydrogens (tertiary/aromatic N) is 1. The van der Waals surface area contributed by atoms with Crippen LogP contribution >= 0.6 is 0 Å². The number of aryl methyl sites for hydroxylation is 2. The zero-order chi connectivity index (χ0) is 14.7. The Morgan fingerprint density at radius 3 is 2.65 bits per heavy atom. The maximum Gasteiger partial charge on any atom is 0.255 e. The van der Waals surface area contributed by atoms with Crippen LogP contribution in [0.4, 0.5) is 5.69 Å². The minimum atomic E-state index is -0.365. The zero-order valence-electron chi connectivity index (χ0n) is 13.0. The van der Waals surface area contributed by atoms with E-state index in [4.69, 9.17) is 4.74 Å². The summed E-state index contributed by atoms with van der Waals surface area (Å²) in [4.78, 5) is 14.4. The van der Waals surface area contributed by atoms with Crippen molar-refractivity contribution < 1.29 is 9.53 Å². The molecule has 0 heterocycles. The minimum absolute atomic E-state index is 0.0557. The van der Waals surface area contributed by atoms with Gasteiger partial charge in [-0.15, -0.1) is 0 Å². The Hall–Kier alpha value is -1.35. The Balaban J connectivity index is 2.07. The van der Waals surface area contributed by atoms with Crippen molar-refractivity contribution in [3.63, 3.8) is 0 Å². The summed E-state index contributed by atoms with van der Waals surface area (Å²) >= 11 is 0. The molecule has 1 amide bonds. The number of amides is 1. The molecule has 3 heteroatoms. The number of benzene rings is 1. The van der Waals surface area contributed by atoms with E-state index in [1.807, 2.05) is 37.8 Å². The number of hydrogen-bond donors (Lipinski definition) is 0. The number of anilines is 1. The number of hydrogen-bond acceptors (Lipinski definition) is 2. The molecular formula is C17H25NO2. The van der Waals surface area contributed by atoms with Crippen LogP contribution in [0.1, 0.15) is 37.8 Å². The Morgan fingerprint density at radius 2 is 2.10 bits per heavy atom. The van der Waals surface area contributed by atoms with Crippen molar-refractivity contribution in [2.75, 3.05) is 18.1 Å². The van der Waals surface area contributed by atoms with Gasteiger partial charge in [0.05, 0.1) is 6.61 Å². The van der Waals surface area contributed by atoms with Gasteiger partial charge < -0.3 is 9.64 Å². The molecule has 1 atom stereocenters. The van der Waals surface area contributed by atoms with E-state index in [2.05, 4.69) is 13.0 Å². The lowest BCUT2D eigenvalue weighted by atomic mass is 10.1. The van der Waals surface area contributed by atoms with Gasteiger partial charge in [-0.2, -0.15) is 0 Å². The van der Waals surface area contributed by atoms with Gasteiger partial charge >= 0.3 is 0 Å². The van der Waals surface area contributed by atoms with Crippen molar-refractivity contribution in [3.05, 3.63) is 29.3 Å². The first kappa shape index (κ1) is 15.0. The van der Waals surface area contributed by atoms with Gasteiger partial charge in [-0.25, -0.2) is 0 Å². The van der Waals surface area contributed by atoms with Crippen LogP contribution in [0.15, 0.2) is 18.2 Å². The predicted octanol–water partition coefficient (Wildman–Crippen LogP) is 3.47. The summed E-state index contributed by atoms with van der Waals surface area (Å²) in [5, 5.41) is 0. The van der Waals surface area contributed by atoms with Gasteiger partial charge in [-0.05, 0) is 58.1 Å². The van der Waals surface area contributed by atoms with Gasteiger partial charge in [0, 0.05) is 12.2 Å². The number of rotatable bonds is 6. The quantitative estimate of drug-likeness (QED) is 0.795. The van der Waals surface area contributed by atoms with Crippen LogP contribution in [0.3, 0.4) is 0 Å². The smallest absolute Gasteiger partial charge is 0.255 e. The summed E-state index contributed by atoms with van der Waals surface area (Å²) in [6, 6.07) is 6.19. The van der Waals surface area contributed by atoms with Crippen LogP contribution in [-0.2, 0) is 9.53 Å². The third-order valence-corrected chi connectivity index (χ3v) is 3.85. The second kappa shape index (κ2) is 6.40. The molecule has 1 aliphatic carbocycles. The van der Waals surface area contributed by atoms with Crippen LogP contribution in [0.25, 0.3) is 0 Å². The summed E-state index contributed by atoms with van der Waals surface area (Å²) < 4.78 is 5.70. The largest absolute Gasteiger partial charge is 0.368 e. The highest BCUT2D eigenvalue weighted by Crippen LogP contribution is 2.29. The molecule has 1 unspecified atom stereocenters. The standard InChI is InChI=1S/C17H25NO2/c1-5-18(16-9-6-12(2)10-13(16)3)17(19)14(4)20-11-15-7-8-15/h6,9-10,14-15H,5,7-8,11H2,1-4H3. The van der Waals surface area contributed by atoms with E-state index < -0.39 is 0 Å². The fraction of sp³-hybridized carbons (Fsp3) is 0.588. The number of carbonyl (C=O) groups is 1. The van der Waals surface area contributed by atoms with Crippen molar-refractivity contribution in [1.29, 1.82) is 0 Å². The Morgan fingerprint density at radius 1 is 1.40 bits per heavy atom. The molecule has 0 radical (unpaired) electrons. The molecule has 0 N–H and O–H groups in total. The topological polar surface area (TPSA) is 29.5 Å². The van der Waals surface area contributed by atoms with E-state index in [-0.39, 0.29) is 12.0 Å². The van der Waals surface area contributed by atoms with E-state index in [9.17, 15) is 4.79 Å². The average Bonchev–Trinajstić information content (AvgIpc) is 3.23. The SMILES string of the molecule is CCN(C(=O)C(C)OCC1CC1)c1ccc(C)cc1C. The molecule has 20 heavy (non-hydrogen) atoms. The Labute approximate surface area is 121 Å². The molecule has 1 aliphatic rings. The Kier molecular flexibility index (Phi) is 4.81. The molecule has 110 valence electrons. The van der Waals surface area contributed by atoms with Gasteiger partial charge in [0.25, 0.3) is 5.91 Å². The van der Waals surface area contributed by atoms with Crippen molar-refractivity contribution in [1.82, 2.24) is 0 Å². The number of likely N-dealkylation sites (N-methyl/N-ethyl adjacent to an activating group) is 1. The Bertz CT molecular complexity index is 480. The molecule has 0 aromatic heterocycles. The molecule has 1 saturated carbocycles.